The molecule has 0 aliphatic carbocycles. The highest BCUT2D eigenvalue weighted by Gasteiger charge is 2.15. The van der Waals surface area contributed by atoms with E-state index in [4.69, 9.17) is 0 Å². The third kappa shape index (κ3) is 1.74. The second-order valence-electron chi connectivity index (χ2n) is 4.28. The highest BCUT2D eigenvalue weighted by molar-refractivity contribution is 5.44. The first-order chi connectivity index (χ1) is 7.81. The number of hydrogen-bond donors (Lipinski definition) is 2. The van der Waals surface area contributed by atoms with Crippen molar-refractivity contribution in [3.63, 3.8) is 0 Å². The standard InChI is InChI=1S/C11H15N5/c1-8-2-3-10-14-11(15-16(10)7-8)13-9-4-5-12-6-9/h2-3,7,9,12H,4-6H2,1H3,(H,13,15). The van der Waals surface area contributed by atoms with E-state index in [2.05, 4.69) is 27.6 Å². The molecule has 0 spiro atoms. The number of fused-ring (bicyclic) bond motifs is 1. The number of nitrogens with one attached hydrogen (secondary N) is 2. The average molecular weight is 217 g/mol. The number of nitrogens with zero attached hydrogens (tertiary/aromatic N) is 3. The predicted octanol–water partition coefficient (Wildman–Crippen LogP) is 0.812. The van der Waals surface area contributed by atoms with Crippen LogP contribution < -0.4 is 10.6 Å². The highest BCUT2D eigenvalue weighted by Crippen LogP contribution is 2.10. The molecule has 0 radical (unpaired) electrons. The number of rotatable bonds is 2. The molecule has 5 heteroatoms. The van der Waals surface area contributed by atoms with Crippen LogP contribution in [0.15, 0.2) is 18.3 Å². The Hall–Kier alpha value is -1.62. The van der Waals surface area contributed by atoms with Crippen LogP contribution in [0.2, 0.25) is 0 Å². The lowest BCUT2D eigenvalue weighted by molar-refractivity contribution is 0.778. The van der Waals surface area contributed by atoms with E-state index in [9.17, 15) is 0 Å². The van der Waals surface area contributed by atoms with E-state index in [0.717, 1.165) is 31.1 Å². The molecule has 3 heterocycles. The summed E-state index contributed by atoms with van der Waals surface area (Å²) in [7, 11) is 0. The molecule has 2 aromatic rings. The summed E-state index contributed by atoms with van der Waals surface area (Å²) < 4.78 is 1.82. The first-order valence-electron chi connectivity index (χ1n) is 5.61. The molecular formula is C11H15N5. The topological polar surface area (TPSA) is 54.2 Å². The Morgan fingerprint density at radius 3 is 3.25 bits per heavy atom. The zero-order chi connectivity index (χ0) is 11.0. The Labute approximate surface area is 93.9 Å². The van der Waals surface area contributed by atoms with Gasteiger partial charge in [-0.1, -0.05) is 6.07 Å². The maximum Gasteiger partial charge on any atom is 0.243 e. The number of aryl methyl sites for hydroxylation is 1. The largest absolute Gasteiger partial charge is 0.349 e. The minimum Gasteiger partial charge on any atom is -0.349 e. The third-order valence-electron chi connectivity index (χ3n) is 2.87. The zero-order valence-electron chi connectivity index (χ0n) is 9.27. The Morgan fingerprint density at radius 1 is 1.50 bits per heavy atom. The second-order valence-corrected chi connectivity index (χ2v) is 4.28. The summed E-state index contributed by atoms with van der Waals surface area (Å²) in [5.41, 5.74) is 2.07. The fourth-order valence-electron chi connectivity index (χ4n) is 2.01. The Morgan fingerprint density at radius 2 is 2.44 bits per heavy atom. The molecule has 0 amide bonds. The van der Waals surface area contributed by atoms with Gasteiger partial charge in [-0.2, -0.15) is 4.98 Å². The first-order valence-corrected chi connectivity index (χ1v) is 5.61. The van der Waals surface area contributed by atoms with Crippen molar-refractivity contribution < 1.29 is 0 Å². The van der Waals surface area contributed by atoms with Crippen molar-refractivity contribution in [1.29, 1.82) is 0 Å². The lowest BCUT2D eigenvalue weighted by Crippen LogP contribution is -2.22. The summed E-state index contributed by atoms with van der Waals surface area (Å²) in [6.45, 7) is 4.12. The molecular weight excluding hydrogens is 202 g/mol. The van der Waals surface area contributed by atoms with Crippen LogP contribution in [0.3, 0.4) is 0 Å². The van der Waals surface area contributed by atoms with E-state index in [0.29, 0.717) is 6.04 Å². The van der Waals surface area contributed by atoms with E-state index >= 15 is 0 Å². The number of pyridine rings is 1. The van der Waals surface area contributed by atoms with Gasteiger partial charge >= 0.3 is 0 Å². The van der Waals surface area contributed by atoms with E-state index in [1.54, 1.807) is 0 Å². The molecule has 5 nitrogen and oxygen atoms in total. The van der Waals surface area contributed by atoms with Gasteiger partial charge in [-0.05, 0) is 31.5 Å². The smallest absolute Gasteiger partial charge is 0.243 e. The Kier molecular flexibility index (Phi) is 2.25. The molecule has 1 atom stereocenters. The van der Waals surface area contributed by atoms with Crippen LogP contribution in [0.1, 0.15) is 12.0 Å². The van der Waals surface area contributed by atoms with Gasteiger partial charge in [0.1, 0.15) is 0 Å². The quantitative estimate of drug-likeness (QED) is 0.781. The molecule has 1 aliphatic heterocycles. The third-order valence-corrected chi connectivity index (χ3v) is 2.87. The lowest BCUT2D eigenvalue weighted by atomic mass is 10.3. The van der Waals surface area contributed by atoms with Gasteiger partial charge in [-0.3, -0.25) is 0 Å². The van der Waals surface area contributed by atoms with Crippen molar-refractivity contribution in [2.75, 3.05) is 18.4 Å². The van der Waals surface area contributed by atoms with Crippen molar-refractivity contribution in [3.8, 4) is 0 Å². The lowest BCUT2D eigenvalue weighted by Gasteiger charge is -2.07. The molecule has 1 fully saturated rings. The highest BCUT2D eigenvalue weighted by atomic mass is 15.3. The van der Waals surface area contributed by atoms with Gasteiger partial charge in [0.15, 0.2) is 5.65 Å². The fourth-order valence-corrected chi connectivity index (χ4v) is 2.01. The van der Waals surface area contributed by atoms with Gasteiger partial charge in [-0.25, -0.2) is 4.52 Å². The molecule has 0 aromatic carbocycles. The molecule has 2 N–H and O–H groups in total. The molecule has 0 saturated carbocycles. The fraction of sp³-hybridized carbons (Fsp3) is 0.455. The van der Waals surface area contributed by atoms with E-state index in [-0.39, 0.29) is 0 Å². The van der Waals surface area contributed by atoms with Crippen LogP contribution in [0.4, 0.5) is 5.95 Å². The van der Waals surface area contributed by atoms with Gasteiger partial charge in [-0.15, -0.1) is 5.10 Å². The van der Waals surface area contributed by atoms with Crippen molar-refractivity contribution in [3.05, 3.63) is 23.9 Å². The number of anilines is 1. The molecule has 1 unspecified atom stereocenters. The summed E-state index contributed by atoms with van der Waals surface area (Å²) in [4.78, 5) is 4.43. The maximum atomic E-state index is 4.43. The van der Waals surface area contributed by atoms with Gasteiger partial charge in [0.2, 0.25) is 5.95 Å². The minimum absolute atomic E-state index is 0.457. The SMILES string of the molecule is Cc1ccc2nc(NC3CCNC3)nn2c1. The number of aromatic nitrogens is 3. The molecule has 1 saturated heterocycles. The summed E-state index contributed by atoms with van der Waals surface area (Å²) in [5.74, 6) is 0.722. The summed E-state index contributed by atoms with van der Waals surface area (Å²) >= 11 is 0. The van der Waals surface area contributed by atoms with Crippen molar-refractivity contribution in [2.24, 2.45) is 0 Å². The molecule has 2 aromatic heterocycles. The van der Waals surface area contributed by atoms with Crippen LogP contribution >= 0.6 is 0 Å². The molecule has 0 bridgehead atoms. The molecule has 1 aliphatic rings. The van der Waals surface area contributed by atoms with E-state index < -0.39 is 0 Å². The van der Waals surface area contributed by atoms with E-state index in [1.165, 1.54) is 5.56 Å². The first kappa shape index (κ1) is 9.59. The Balaban J connectivity index is 1.86. The van der Waals surface area contributed by atoms with Crippen molar-refractivity contribution in [1.82, 2.24) is 19.9 Å². The summed E-state index contributed by atoms with van der Waals surface area (Å²) in [6, 6.07) is 4.49. The molecule has 3 rings (SSSR count). The van der Waals surface area contributed by atoms with Crippen molar-refractivity contribution in [2.45, 2.75) is 19.4 Å². The molecule has 16 heavy (non-hydrogen) atoms. The average Bonchev–Trinajstić information content (AvgIpc) is 2.86. The maximum absolute atomic E-state index is 4.43. The molecule has 84 valence electrons. The number of hydrogen-bond acceptors (Lipinski definition) is 4. The zero-order valence-corrected chi connectivity index (χ0v) is 9.27. The van der Waals surface area contributed by atoms with Gasteiger partial charge < -0.3 is 10.6 Å². The minimum atomic E-state index is 0.457. The van der Waals surface area contributed by atoms with Crippen LogP contribution in [0, 0.1) is 6.92 Å². The van der Waals surface area contributed by atoms with Crippen LogP contribution in [-0.2, 0) is 0 Å². The van der Waals surface area contributed by atoms with Gasteiger partial charge in [0, 0.05) is 18.8 Å². The normalized spacial score (nSPS) is 20.4. The van der Waals surface area contributed by atoms with Crippen LogP contribution in [0.5, 0.6) is 0 Å². The van der Waals surface area contributed by atoms with E-state index in [1.807, 2.05) is 22.8 Å². The van der Waals surface area contributed by atoms with Gasteiger partial charge in [0.05, 0.1) is 0 Å². The summed E-state index contributed by atoms with van der Waals surface area (Å²) in [6.07, 6.45) is 3.12. The predicted molar refractivity (Wildman–Crippen MR) is 62.6 cm³/mol. The van der Waals surface area contributed by atoms with Crippen LogP contribution in [0.25, 0.3) is 5.65 Å². The monoisotopic (exact) mass is 217 g/mol. The summed E-state index contributed by atoms with van der Waals surface area (Å²) in [5, 5.41) is 11.1. The second kappa shape index (κ2) is 3.75. The van der Waals surface area contributed by atoms with Gasteiger partial charge in [0.25, 0.3) is 0 Å². The van der Waals surface area contributed by atoms with Crippen molar-refractivity contribution >= 4 is 11.6 Å². The van der Waals surface area contributed by atoms with Crippen LogP contribution in [-0.4, -0.2) is 33.7 Å². The Bertz CT molecular complexity index is 498.